The molecule has 0 saturated heterocycles. The molecule has 4 aromatic rings. The van der Waals surface area contributed by atoms with Gasteiger partial charge in [0.25, 0.3) is 5.91 Å². The summed E-state index contributed by atoms with van der Waals surface area (Å²) < 4.78 is 29.5. The van der Waals surface area contributed by atoms with E-state index in [2.05, 4.69) is 10.3 Å². The van der Waals surface area contributed by atoms with Gasteiger partial charge in [0.15, 0.2) is 9.84 Å². The van der Waals surface area contributed by atoms with E-state index in [1.807, 2.05) is 0 Å². The maximum atomic E-state index is 13.2. The Morgan fingerprint density at radius 3 is 2.38 bits per heavy atom. The van der Waals surface area contributed by atoms with E-state index in [9.17, 15) is 13.2 Å². The number of aromatic nitrogens is 1. The standard InChI is InChI=1S/C23H16Cl2N2O4S/c1-32(29,30)17-7-8-18(19(13-17)14-2-4-15(24)5-3-14)22(28)27-16-6-9-21(25)20(12-16)23-26-10-11-31-23/h2-13H,1H3,(H,27,28). The highest BCUT2D eigenvalue weighted by atomic mass is 35.5. The third kappa shape index (κ3) is 4.70. The summed E-state index contributed by atoms with van der Waals surface area (Å²) in [5.74, 6) is -0.0962. The Hall–Kier alpha value is -3.13. The molecule has 0 aliphatic carbocycles. The Balaban J connectivity index is 1.74. The van der Waals surface area contributed by atoms with E-state index in [4.69, 9.17) is 27.6 Å². The molecule has 3 aromatic carbocycles. The van der Waals surface area contributed by atoms with Crippen LogP contribution in [0.4, 0.5) is 5.69 Å². The van der Waals surface area contributed by atoms with Crippen molar-refractivity contribution in [2.24, 2.45) is 0 Å². The summed E-state index contributed by atoms with van der Waals surface area (Å²) >= 11 is 12.2. The predicted octanol–water partition coefficient (Wildman–Crippen LogP) is 5.97. The van der Waals surface area contributed by atoms with Crippen molar-refractivity contribution in [3.8, 4) is 22.6 Å². The van der Waals surface area contributed by atoms with E-state index in [1.54, 1.807) is 42.5 Å². The normalized spacial score (nSPS) is 11.3. The zero-order chi connectivity index (χ0) is 22.9. The number of halogens is 2. The third-order valence-corrected chi connectivity index (χ3v) is 6.40. The first-order chi connectivity index (χ1) is 15.2. The minimum Gasteiger partial charge on any atom is -0.444 e. The van der Waals surface area contributed by atoms with Crippen LogP contribution in [0.2, 0.25) is 10.0 Å². The van der Waals surface area contributed by atoms with Crippen molar-refractivity contribution >= 4 is 44.6 Å². The molecule has 0 spiro atoms. The summed E-state index contributed by atoms with van der Waals surface area (Å²) in [6.45, 7) is 0. The van der Waals surface area contributed by atoms with Gasteiger partial charge in [-0.1, -0.05) is 35.3 Å². The maximum absolute atomic E-state index is 13.2. The van der Waals surface area contributed by atoms with Crippen molar-refractivity contribution in [2.45, 2.75) is 4.90 Å². The molecule has 4 rings (SSSR count). The van der Waals surface area contributed by atoms with E-state index in [-0.39, 0.29) is 4.90 Å². The Kier molecular flexibility index (Phi) is 6.06. The second-order valence-electron chi connectivity index (χ2n) is 6.97. The molecule has 0 radical (unpaired) electrons. The van der Waals surface area contributed by atoms with Crippen LogP contribution in [0.5, 0.6) is 0 Å². The van der Waals surface area contributed by atoms with Gasteiger partial charge in [-0.3, -0.25) is 4.79 Å². The quantitative estimate of drug-likeness (QED) is 0.375. The highest BCUT2D eigenvalue weighted by Gasteiger charge is 2.18. The molecule has 162 valence electrons. The van der Waals surface area contributed by atoms with Gasteiger partial charge in [-0.2, -0.15) is 0 Å². The first-order valence-corrected chi connectivity index (χ1v) is 12.0. The molecule has 6 nitrogen and oxygen atoms in total. The number of oxazole rings is 1. The van der Waals surface area contributed by atoms with Crippen molar-refractivity contribution in [3.05, 3.63) is 88.7 Å². The lowest BCUT2D eigenvalue weighted by molar-refractivity contribution is 0.102. The highest BCUT2D eigenvalue weighted by Crippen LogP contribution is 2.31. The van der Waals surface area contributed by atoms with Crippen LogP contribution in [0, 0.1) is 0 Å². The van der Waals surface area contributed by atoms with Crippen molar-refractivity contribution in [1.82, 2.24) is 4.98 Å². The van der Waals surface area contributed by atoms with Gasteiger partial charge in [0.2, 0.25) is 5.89 Å². The first-order valence-electron chi connectivity index (χ1n) is 9.33. The van der Waals surface area contributed by atoms with E-state index in [0.29, 0.717) is 43.9 Å². The van der Waals surface area contributed by atoms with Gasteiger partial charge in [0.1, 0.15) is 6.26 Å². The van der Waals surface area contributed by atoms with Gasteiger partial charge >= 0.3 is 0 Å². The first kappa shape index (κ1) is 22.1. The minimum absolute atomic E-state index is 0.108. The fourth-order valence-electron chi connectivity index (χ4n) is 3.14. The van der Waals surface area contributed by atoms with E-state index in [0.717, 1.165) is 6.26 Å². The lowest BCUT2D eigenvalue weighted by atomic mass is 9.99. The highest BCUT2D eigenvalue weighted by molar-refractivity contribution is 7.90. The van der Waals surface area contributed by atoms with Crippen molar-refractivity contribution in [1.29, 1.82) is 0 Å². The topological polar surface area (TPSA) is 89.3 Å². The van der Waals surface area contributed by atoms with Crippen LogP contribution in [-0.4, -0.2) is 25.6 Å². The Bertz CT molecular complexity index is 1400. The largest absolute Gasteiger partial charge is 0.444 e. The smallest absolute Gasteiger partial charge is 0.256 e. The second-order valence-corrected chi connectivity index (χ2v) is 9.83. The molecule has 1 amide bonds. The molecule has 1 N–H and O–H groups in total. The monoisotopic (exact) mass is 486 g/mol. The van der Waals surface area contributed by atoms with Crippen LogP contribution in [0.25, 0.3) is 22.6 Å². The SMILES string of the molecule is CS(=O)(=O)c1ccc(C(=O)Nc2ccc(Cl)c(-c3ncco3)c2)c(-c2ccc(Cl)cc2)c1. The van der Waals surface area contributed by atoms with Gasteiger partial charge in [0, 0.05) is 22.5 Å². The van der Waals surface area contributed by atoms with Gasteiger partial charge in [0.05, 0.1) is 21.7 Å². The summed E-state index contributed by atoms with van der Waals surface area (Å²) in [7, 11) is -3.47. The molecule has 0 fully saturated rings. The van der Waals surface area contributed by atoms with Crippen LogP contribution in [-0.2, 0) is 9.84 Å². The summed E-state index contributed by atoms with van der Waals surface area (Å²) in [6, 6.07) is 16.1. The average molecular weight is 487 g/mol. The number of nitrogens with zero attached hydrogens (tertiary/aromatic N) is 1. The van der Waals surface area contributed by atoms with Crippen molar-refractivity contribution < 1.29 is 17.6 Å². The molecule has 0 aliphatic heterocycles. The van der Waals surface area contributed by atoms with Gasteiger partial charge in [-0.15, -0.1) is 0 Å². The molecular weight excluding hydrogens is 471 g/mol. The summed E-state index contributed by atoms with van der Waals surface area (Å²) in [5.41, 5.74) is 2.42. The Labute approximate surface area is 194 Å². The van der Waals surface area contributed by atoms with Crippen molar-refractivity contribution in [2.75, 3.05) is 11.6 Å². The fourth-order valence-corrected chi connectivity index (χ4v) is 4.11. The Morgan fingerprint density at radius 2 is 1.72 bits per heavy atom. The second kappa shape index (κ2) is 8.78. The zero-order valence-corrected chi connectivity index (χ0v) is 19.0. The molecule has 1 heterocycles. The molecule has 32 heavy (non-hydrogen) atoms. The summed E-state index contributed by atoms with van der Waals surface area (Å²) in [6.07, 6.45) is 4.04. The molecule has 0 bridgehead atoms. The van der Waals surface area contributed by atoms with Crippen LogP contribution in [0.15, 0.2) is 82.4 Å². The fraction of sp³-hybridized carbons (Fsp3) is 0.0435. The third-order valence-electron chi connectivity index (χ3n) is 4.71. The predicted molar refractivity (Wildman–Crippen MR) is 125 cm³/mol. The number of sulfone groups is 1. The van der Waals surface area contributed by atoms with Crippen LogP contribution in [0.3, 0.4) is 0 Å². The number of benzene rings is 3. The van der Waals surface area contributed by atoms with E-state index >= 15 is 0 Å². The minimum atomic E-state index is -3.47. The molecular formula is C23H16Cl2N2O4S. The molecule has 9 heteroatoms. The number of hydrogen-bond donors (Lipinski definition) is 1. The van der Waals surface area contributed by atoms with Gasteiger partial charge in [-0.25, -0.2) is 13.4 Å². The molecule has 0 atom stereocenters. The number of hydrogen-bond acceptors (Lipinski definition) is 5. The van der Waals surface area contributed by atoms with Gasteiger partial charge < -0.3 is 9.73 Å². The van der Waals surface area contributed by atoms with Crippen LogP contribution < -0.4 is 5.32 Å². The number of carbonyl (C=O) groups is 1. The molecule has 0 saturated carbocycles. The Morgan fingerprint density at radius 1 is 0.969 bits per heavy atom. The van der Waals surface area contributed by atoms with Crippen molar-refractivity contribution in [3.63, 3.8) is 0 Å². The zero-order valence-electron chi connectivity index (χ0n) is 16.7. The van der Waals surface area contributed by atoms with Gasteiger partial charge in [-0.05, 0) is 59.7 Å². The number of anilines is 1. The number of nitrogens with one attached hydrogen (secondary N) is 1. The maximum Gasteiger partial charge on any atom is 0.256 e. The summed E-state index contributed by atoms with van der Waals surface area (Å²) in [5, 5.41) is 3.77. The lowest BCUT2D eigenvalue weighted by Crippen LogP contribution is -2.14. The molecule has 1 aromatic heterocycles. The van der Waals surface area contributed by atoms with Crippen LogP contribution in [0.1, 0.15) is 10.4 Å². The lowest BCUT2D eigenvalue weighted by Gasteiger charge is -2.13. The number of amides is 1. The average Bonchev–Trinajstić information content (AvgIpc) is 3.29. The van der Waals surface area contributed by atoms with E-state index < -0.39 is 15.7 Å². The number of rotatable bonds is 5. The van der Waals surface area contributed by atoms with Crippen LogP contribution >= 0.6 is 23.2 Å². The molecule has 0 unspecified atom stereocenters. The summed E-state index contributed by atoms with van der Waals surface area (Å²) in [4.78, 5) is 17.4. The molecule has 0 aliphatic rings. The van der Waals surface area contributed by atoms with E-state index in [1.165, 1.54) is 30.7 Å². The number of carbonyl (C=O) groups excluding carboxylic acids is 1.